The van der Waals surface area contributed by atoms with E-state index in [1.165, 1.54) is 87.6 Å². The maximum absolute atomic E-state index is 2.49. The Hall–Kier alpha value is -6.96. The molecule has 0 fully saturated rings. The van der Waals surface area contributed by atoms with Crippen molar-refractivity contribution in [3.63, 3.8) is 0 Å². The number of hydrogen-bond acceptors (Lipinski definition) is 1. The summed E-state index contributed by atoms with van der Waals surface area (Å²) in [4.78, 5) is 2.49. The Balaban J connectivity index is 1.23. The fourth-order valence-corrected chi connectivity index (χ4v) is 9.54. The Bertz CT molecular complexity index is 3140. The Morgan fingerprint density at radius 3 is 1.68 bits per heavy atom. The van der Waals surface area contributed by atoms with Crippen molar-refractivity contribution >= 4 is 60.2 Å². The SMILES string of the molecule is CC1(C)c2ccccc2-c2cc(-c3c(-c4ccccc4)cccc3N(c3ccc4ccccc4c3)c3ccc4c5ccccc5c5ccccc5c4c3)ccc21. The second-order valence-corrected chi connectivity index (χ2v) is 15.7. The molecule has 0 aromatic heterocycles. The monoisotopic (exact) mass is 713 g/mol. The molecule has 1 aliphatic rings. The smallest absolute Gasteiger partial charge is 0.0546 e. The first-order valence-electron chi connectivity index (χ1n) is 19.6. The van der Waals surface area contributed by atoms with E-state index in [0.717, 1.165) is 17.1 Å². The molecule has 0 saturated heterocycles. The van der Waals surface area contributed by atoms with Crippen LogP contribution in [0.4, 0.5) is 17.1 Å². The van der Waals surface area contributed by atoms with Crippen LogP contribution in [0.3, 0.4) is 0 Å². The van der Waals surface area contributed by atoms with Crippen molar-refractivity contribution in [3.05, 3.63) is 211 Å². The molecule has 264 valence electrons. The zero-order valence-electron chi connectivity index (χ0n) is 31.5. The van der Waals surface area contributed by atoms with Crippen LogP contribution in [0.25, 0.3) is 76.5 Å². The van der Waals surface area contributed by atoms with Crippen LogP contribution in [0.2, 0.25) is 0 Å². The van der Waals surface area contributed by atoms with Crippen molar-refractivity contribution < 1.29 is 0 Å². The second kappa shape index (κ2) is 12.5. The van der Waals surface area contributed by atoms with E-state index < -0.39 is 0 Å². The maximum Gasteiger partial charge on any atom is 0.0546 e. The Labute approximate surface area is 327 Å². The van der Waals surface area contributed by atoms with Crippen molar-refractivity contribution in [1.29, 1.82) is 0 Å². The van der Waals surface area contributed by atoms with Crippen molar-refractivity contribution in [2.75, 3.05) is 4.90 Å². The third-order valence-electron chi connectivity index (χ3n) is 12.2. The molecule has 0 N–H and O–H groups in total. The summed E-state index contributed by atoms with van der Waals surface area (Å²) < 4.78 is 0. The van der Waals surface area contributed by atoms with E-state index in [1.807, 2.05) is 0 Å². The van der Waals surface area contributed by atoms with Crippen LogP contribution in [-0.4, -0.2) is 0 Å². The molecule has 0 saturated carbocycles. The lowest BCUT2D eigenvalue weighted by Crippen LogP contribution is -2.14. The van der Waals surface area contributed by atoms with E-state index in [4.69, 9.17) is 0 Å². The summed E-state index contributed by atoms with van der Waals surface area (Å²) in [5.41, 5.74) is 13.5. The summed E-state index contributed by atoms with van der Waals surface area (Å²) in [7, 11) is 0. The number of nitrogens with zero attached hydrogens (tertiary/aromatic N) is 1. The summed E-state index contributed by atoms with van der Waals surface area (Å²) >= 11 is 0. The van der Waals surface area contributed by atoms with Crippen LogP contribution in [0.15, 0.2) is 200 Å². The van der Waals surface area contributed by atoms with E-state index in [-0.39, 0.29) is 5.41 Å². The highest BCUT2D eigenvalue weighted by molar-refractivity contribution is 6.26. The number of rotatable bonds is 5. The molecule has 56 heavy (non-hydrogen) atoms. The third-order valence-corrected chi connectivity index (χ3v) is 12.2. The average molecular weight is 714 g/mol. The highest BCUT2D eigenvalue weighted by Crippen LogP contribution is 2.52. The van der Waals surface area contributed by atoms with Gasteiger partial charge in [0, 0.05) is 22.4 Å². The van der Waals surface area contributed by atoms with Gasteiger partial charge in [-0.05, 0) is 118 Å². The minimum Gasteiger partial charge on any atom is -0.310 e. The first kappa shape index (κ1) is 32.5. The summed E-state index contributed by atoms with van der Waals surface area (Å²) in [6, 6.07) is 74.1. The highest BCUT2D eigenvalue weighted by Gasteiger charge is 2.35. The lowest BCUT2D eigenvalue weighted by Gasteiger charge is -2.30. The van der Waals surface area contributed by atoms with Crippen LogP contribution < -0.4 is 4.90 Å². The van der Waals surface area contributed by atoms with Gasteiger partial charge in [0.1, 0.15) is 0 Å². The summed E-state index contributed by atoms with van der Waals surface area (Å²) in [5.74, 6) is 0. The molecular weight excluding hydrogens is 675 g/mol. The van der Waals surface area contributed by atoms with E-state index >= 15 is 0 Å². The number of anilines is 3. The fraction of sp³-hybridized carbons (Fsp3) is 0.0545. The minimum absolute atomic E-state index is 0.0680. The molecule has 0 spiro atoms. The molecule has 1 nitrogen and oxygen atoms in total. The van der Waals surface area contributed by atoms with Gasteiger partial charge >= 0.3 is 0 Å². The Morgan fingerprint density at radius 1 is 0.339 bits per heavy atom. The maximum atomic E-state index is 2.49. The standard InChI is InChI=1S/C55H39N/c1-55(2)51-25-13-12-23-48(51)50-34-39(28-32-52(50)55)54-42(37-16-4-3-5-17-37)24-14-26-53(54)56(40-29-27-36-15-6-7-18-38(36)33-40)41-30-31-47-45-21-9-8-19-43(45)44-20-10-11-22-46(44)49(47)35-41/h3-35H,1-2H3. The predicted octanol–water partition coefficient (Wildman–Crippen LogP) is 15.4. The molecule has 0 aliphatic heterocycles. The Kier molecular flexibility index (Phi) is 7.28. The number of hydrogen-bond donors (Lipinski definition) is 0. The molecule has 1 heteroatoms. The zero-order valence-corrected chi connectivity index (χ0v) is 31.5. The van der Waals surface area contributed by atoms with E-state index in [2.05, 4.69) is 219 Å². The van der Waals surface area contributed by atoms with Gasteiger partial charge in [0.05, 0.1) is 5.69 Å². The van der Waals surface area contributed by atoms with E-state index in [1.54, 1.807) is 0 Å². The van der Waals surface area contributed by atoms with Gasteiger partial charge in [-0.3, -0.25) is 0 Å². The molecule has 0 bridgehead atoms. The Morgan fingerprint density at radius 2 is 0.911 bits per heavy atom. The zero-order chi connectivity index (χ0) is 37.4. The van der Waals surface area contributed by atoms with Crippen LogP contribution >= 0.6 is 0 Å². The molecule has 0 amide bonds. The first-order chi connectivity index (χ1) is 27.5. The molecule has 10 aromatic carbocycles. The van der Waals surface area contributed by atoms with Gasteiger partial charge in [-0.2, -0.15) is 0 Å². The predicted molar refractivity (Wildman–Crippen MR) is 240 cm³/mol. The van der Waals surface area contributed by atoms with Crippen LogP contribution in [0.5, 0.6) is 0 Å². The van der Waals surface area contributed by atoms with Crippen molar-refractivity contribution in [2.45, 2.75) is 19.3 Å². The molecular formula is C55H39N. The van der Waals surface area contributed by atoms with Gasteiger partial charge in [0.15, 0.2) is 0 Å². The van der Waals surface area contributed by atoms with Gasteiger partial charge in [-0.15, -0.1) is 0 Å². The third kappa shape index (κ3) is 4.94. The van der Waals surface area contributed by atoms with Crippen LogP contribution in [0, 0.1) is 0 Å². The highest BCUT2D eigenvalue weighted by atomic mass is 15.1. The van der Waals surface area contributed by atoms with E-state index in [0.29, 0.717) is 0 Å². The topological polar surface area (TPSA) is 3.24 Å². The quantitative estimate of drug-likeness (QED) is 0.161. The lowest BCUT2D eigenvalue weighted by molar-refractivity contribution is 0.660. The summed E-state index contributed by atoms with van der Waals surface area (Å²) in [6.07, 6.45) is 0. The largest absolute Gasteiger partial charge is 0.310 e. The lowest BCUT2D eigenvalue weighted by atomic mass is 9.82. The fourth-order valence-electron chi connectivity index (χ4n) is 9.54. The molecule has 1 aliphatic carbocycles. The second-order valence-electron chi connectivity index (χ2n) is 15.7. The minimum atomic E-state index is -0.0680. The number of benzene rings is 10. The van der Waals surface area contributed by atoms with Gasteiger partial charge in [0.25, 0.3) is 0 Å². The molecule has 0 radical (unpaired) electrons. The average Bonchev–Trinajstić information content (AvgIpc) is 3.49. The molecule has 0 atom stereocenters. The normalized spacial score (nSPS) is 13.0. The van der Waals surface area contributed by atoms with Crippen molar-refractivity contribution in [1.82, 2.24) is 0 Å². The van der Waals surface area contributed by atoms with Gasteiger partial charge in [-0.1, -0.05) is 178 Å². The van der Waals surface area contributed by atoms with Gasteiger partial charge < -0.3 is 4.90 Å². The molecule has 0 heterocycles. The molecule has 10 aromatic rings. The number of fused-ring (bicyclic) bond motifs is 10. The van der Waals surface area contributed by atoms with Gasteiger partial charge in [0.2, 0.25) is 0 Å². The van der Waals surface area contributed by atoms with E-state index in [9.17, 15) is 0 Å². The summed E-state index contributed by atoms with van der Waals surface area (Å²) in [5, 5.41) is 10.1. The first-order valence-corrected chi connectivity index (χ1v) is 19.6. The van der Waals surface area contributed by atoms with Crippen molar-refractivity contribution in [2.24, 2.45) is 0 Å². The van der Waals surface area contributed by atoms with Gasteiger partial charge in [-0.25, -0.2) is 0 Å². The molecule has 0 unspecified atom stereocenters. The molecule has 11 rings (SSSR count). The van der Waals surface area contributed by atoms with Crippen LogP contribution in [0.1, 0.15) is 25.0 Å². The van der Waals surface area contributed by atoms with Crippen molar-refractivity contribution in [3.8, 4) is 33.4 Å². The van der Waals surface area contributed by atoms with Crippen LogP contribution in [-0.2, 0) is 5.41 Å². The summed E-state index contributed by atoms with van der Waals surface area (Å²) in [6.45, 7) is 4.71.